The molecule has 2 fully saturated rings. The zero-order valence-electron chi connectivity index (χ0n) is 10.8. The van der Waals surface area contributed by atoms with Crippen molar-refractivity contribution in [1.82, 2.24) is 4.90 Å². The zero-order valence-corrected chi connectivity index (χ0v) is 10.8. The lowest BCUT2D eigenvalue weighted by Gasteiger charge is -2.50. The smallest absolute Gasteiger partial charge is 0.410 e. The van der Waals surface area contributed by atoms with Crippen LogP contribution < -0.4 is 5.73 Å². The molecule has 0 bridgehead atoms. The fourth-order valence-corrected chi connectivity index (χ4v) is 2.39. The lowest BCUT2D eigenvalue weighted by molar-refractivity contribution is -0.139. The summed E-state index contributed by atoms with van der Waals surface area (Å²) in [6.45, 7) is 6.68. The first-order valence-corrected chi connectivity index (χ1v) is 6.12. The molecule has 17 heavy (non-hydrogen) atoms. The fourth-order valence-electron chi connectivity index (χ4n) is 2.39. The molecule has 98 valence electrons. The highest BCUT2D eigenvalue weighted by Gasteiger charge is 2.64. The van der Waals surface area contributed by atoms with E-state index < -0.39 is 11.2 Å². The van der Waals surface area contributed by atoms with Gasteiger partial charge in [0.1, 0.15) is 11.2 Å². The van der Waals surface area contributed by atoms with Gasteiger partial charge >= 0.3 is 6.09 Å². The van der Waals surface area contributed by atoms with Crippen molar-refractivity contribution in [3.8, 4) is 0 Å². The molecule has 0 spiro atoms. The Morgan fingerprint density at radius 1 is 1.41 bits per heavy atom. The van der Waals surface area contributed by atoms with Gasteiger partial charge in [0, 0.05) is 12.0 Å². The van der Waals surface area contributed by atoms with Crippen LogP contribution in [0.4, 0.5) is 4.79 Å². The molecular formula is C12H22N2O3. The number of β-amino-alcohol motifs (C(OH)–C–C–N with tert-alkyl or cyclic N) is 1. The van der Waals surface area contributed by atoms with Gasteiger partial charge < -0.3 is 20.5 Å². The first kappa shape index (κ1) is 12.6. The highest BCUT2D eigenvalue weighted by molar-refractivity contribution is 5.70. The molecule has 0 aromatic heterocycles. The van der Waals surface area contributed by atoms with Gasteiger partial charge in [0.25, 0.3) is 0 Å². The molecule has 1 amide bonds. The van der Waals surface area contributed by atoms with Crippen molar-refractivity contribution in [1.29, 1.82) is 0 Å². The Morgan fingerprint density at radius 2 is 1.94 bits per heavy atom. The summed E-state index contributed by atoms with van der Waals surface area (Å²) in [6, 6.07) is 0. The Balaban J connectivity index is 1.88. The summed E-state index contributed by atoms with van der Waals surface area (Å²) < 4.78 is 5.25. The van der Waals surface area contributed by atoms with Crippen molar-refractivity contribution in [2.75, 3.05) is 19.6 Å². The molecule has 0 aromatic carbocycles. The predicted octanol–water partition coefficient (Wildman–Crippen LogP) is 0.707. The van der Waals surface area contributed by atoms with Crippen molar-refractivity contribution >= 4 is 6.09 Å². The Labute approximate surface area is 102 Å². The summed E-state index contributed by atoms with van der Waals surface area (Å²) in [7, 11) is 0. The highest BCUT2D eigenvalue weighted by Crippen LogP contribution is 2.56. The van der Waals surface area contributed by atoms with Crippen LogP contribution in [0, 0.1) is 5.41 Å². The van der Waals surface area contributed by atoms with E-state index in [1.54, 1.807) is 4.90 Å². The molecule has 1 saturated heterocycles. The molecule has 0 aromatic rings. The standard InChI is InChI=1S/C12H22N2O3/c1-10(2,3)17-9(15)14-7-12(16,8-14)11(6-13)4-5-11/h16H,4-8,13H2,1-3H3. The SMILES string of the molecule is CC(C)(C)OC(=O)N1CC(O)(C2(CN)CC2)C1. The van der Waals surface area contributed by atoms with Crippen LogP contribution >= 0.6 is 0 Å². The lowest BCUT2D eigenvalue weighted by atomic mass is 9.78. The van der Waals surface area contributed by atoms with Gasteiger partial charge in [-0.2, -0.15) is 0 Å². The second-order valence-electron chi connectivity index (χ2n) is 6.35. The first-order chi connectivity index (χ1) is 7.71. The number of hydrogen-bond acceptors (Lipinski definition) is 4. The van der Waals surface area contributed by atoms with Gasteiger partial charge in [0.2, 0.25) is 0 Å². The zero-order chi connectivity index (χ0) is 12.9. The molecule has 0 radical (unpaired) electrons. The quantitative estimate of drug-likeness (QED) is 0.747. The van der Waals surface area contributed by atoms with Crippen molar-refractivity contribution in [2.24, 2.45) is 11.1 Å². The van der Waals surface area contributed by atoms with Gasteiger partial charge in [-0.1, -0.05) is 0 Å². The summed E-state index contributed by atoms with van der Waals surface area (Å²) in [5.74, 6) is 0. The fraction of sp³-hybridized carbons (Fsp3) is 0.917. The normalized spacial score (nSPS) is 25.1. The Hall–Kier alpha value is -0.810. The van der Waals surface area contributed by atoms with Crippen molar-refractivity contribution in [3.05, 3.63) is 0 Å². The van der Waals surface area contributed by atoms with E-state index >= 15 is 0 Å². The number of carbonyl (C=O) groups is 1. The van der Waals surface area contributed by atoms with Crippen LogP contribution in [-0.4, -0.2) is 46.9 Å². The Morgan fingerprint density at radius 3 is 2.29 bits per heavy atom. The third-order valence-corrected chi connectivity index (χ3v) is 3.79. The number of hydrogen-bond donors (Lipinski definition) is 2. The molecule has 2 aliphatic rings. The molecule has 0 unspecified atom stereocenters. The van der Waals surface area contributed by atoms with Crippen molar-refractivity contribution in [3.63, 3.8) is 0 Å². The summed E-state index contributed by atoms with van der Waals surface area (Å²) in [5.41, 5.74) is 4.26. The number of rotatable bonds is 2. The first-order valence-electron chi connectivity index (χ1n) is 6.12. The molecule has 1 aliphatic heterocycles. The topological polar surface area (TPSA) is 75.8 Å². The number of carbonyl (C=O) groups excluding carboxylic acids is 1. The third kappa shape index (κ3) is 2.13. The maximum atomic E-state index is 11.7. The van der Waals surface area contributed by atoms with Gasteiger partial charge in [-0.3, -0.25) is 0 Å². The van der Waals surface area contributed by atoms with Gasteiger partial charge in [0.15, 0.2) is 0 Å². The van der Waals surface area contributed by atoms with Crippen LogP contribution in [0.25, 0.3) is 0 Å². The van der Waals surface area contributed by atoms with E-state index in [2.05, 4.69) is 0 Å². The molecule has 0 atom stereocenters. The average molecular weight is 242 g/mol. The summed E-state index contributed by atoms with van der Waals surface area (Å²) >= 11 is 0. The van der Waals surface area contributed by atoms with E-state index in [1.165, 1.54) is 0 Å². The molecular weight excluding hydrogens is 220 g/mol. The Bertz CT molecular complexity index is 325. The number of likely N-dealkylation sites (tertiary alicyclic amines) is 1. The maximum Gasteiger partial charge on any atom is 0.410 e. The van der Waals surface area contributed by atoms with Gasteiger partial charge in [-0.05, 0) is 33.6 Å². The van der Waals surface area contributed by atoms with E-state index in [-0.39, 0.29) is 11.5 Å². The minimum atomic E-state index is -0.793. The van der Waals surface area contributed by atoms with E-state index in [0.29, 0.717) is 19.6 Å². The maximum absolute atomic E-state index is 11.7. The number of ether oxygens (including phenoxy) is 1. The minimum absolute atomic E-state index is 0.147. The molecule has 5 nitrogen and oxygen atoms in total. The third-order valence-electron chi connectivity index (χ3n) is 3.79. The molecule has 2 rings (SSSR count). The van der Waals surface area contributed by atoms with E-state index in [0.717, 1.165) is 12.8 Å². The number of nitrogens with zero attached hydrogens (tertiary/aromatic N) is 1. The molecule has 1 heterocycles. The monoisotopic (exact) mass is 242 g/mol. The molecule has 3 N–H and O–H groups in total. The molecule has 1 aliphatic carbocycles. The lowest BCUT2D eigenvalue weighted by Crippen LogP contribution is -2.69. The van der Waals surface area contributed by atoms with Gasteiger partial charge in [0.05, 0.1) is 13.1 Å². The second-order valence-corrected chi connectivity index (χ2v) is 6.35. The second kappa shape index (κ2) is 3.59. The van der Waals surface area contributed by atoms with E-state index in [4.69, 9.17) is 10.5 Å². The van der Waals surface area contributed by atoms with Crippen LogP contribution in [0.15, 0.2) is 0 Å². The van der Waals surface area contributed by atoms with Gasteiger partial charge in [-0.25, -0.2) is 4.79 Å². The average Bonchev–Trinajstić information content (AvgIpc) is 2.90. The van der Waals surface area contributed by atoms with Crippen LogP contribution in [-0.2, 0) is 4.74 Å². The number of nitrogens with two attached hydrogens (primary N) is 1. The predicted molar refractivity (Wildman–Crippen MR) is 63.5 cm³/mol. The van der Waals surface area contributed by atoms with Gasteiger partial charge in [-0.15, -0.1) is 0 Å². The van der Waals surface area contributed by atoms with Crippen LogP contribution in [0.2, 0.25) is 0 Å². The van der Waals surface area contributed by atoms with Crippen LogP contribution in [0.3, 0.4) is 0 Å². The minimum Gasteiger partial charge on any atom is -0.444 e. The van der Waals surface area contributed by atoms with Crippen molar-refractivity contribution in [2.45, 2.75) is 44.8 Å². The Kier molecular flexibility index (Phi) is 2.67. The summed E-state index contributed by atoms with van der Waals surface area (Å²) in [5, 5.41) is 10.4. The van der Waals surface area contributed by atoms with E-state index in [9.17, 15) is 9.90 Å². The van der Waals surface area contributed by atoms with E-state index in [1.807, 2.05) is 20.8 Å². The molecule has 1 saturated carbocycles. The number of aliphatic hydroxyl groups is 1. The largest absolute Gasteiger partial charge is 0.444 e. The van der Waals surface area contributed by atoms with Crippen LogP contribution in [0.1, 0.15) is 33.6 Å². The number of amides is 1. The summed E-state index contributed by atoms with van der Waals surface area (Å²) in [4.78, 5) is 13.3. The highest BCUT2D eigenvalue weighted by atomic mass is 16.6. The van der Waals surface area contributed by atoms with Crippen LogP contribution in [0.5, 0.6) is 0 Å². The summed E-state index contributed by atoms with van der Waals surface area (Å²) in [6.07, 6.45) is 1.57. The van der Waals surface area contributed by atoms with Crippen molar-refractivity contribution < 1.29 is 14.6 Å². The molecule has 5 heteroatoms.